The number of benzene rings is 1. The third-order valence-electron chi connectivity index (χ3n) is 2.55. The molecular weight excluding hydrogens is 442 g/mol. The van der Waals surface area contributed by atoms with E-state index in [2.05, 4.69) is 17.1 Å². The van der Waals surface area contributed by atoms with Gasteiger partial charge in [-0.2, -0.15) is 35.9 Å². The van der Waals surface area contributed by atoms with E-state index in [-0.39, 0.29) is 32.3 Å². The Kier molecular flexibility index (Phi) is 11.0. The minimum Gasteiger partial charge on any atom is -0.393 e. The van der Waals surface area contributed by atoms with Gasteiger partial charge in [0.2, 0.25) is 0 Å². The normalized spacial score (nSPS) is 12.4. The number of pyridine rings is 1. The Bertz CT molecular complexity index is 417. The maximum absolute atomic E-state index is 8.56. The molecule has 4 heteroatoms. The summed E-state index contributed by atoms with van der Waals surface area (Å²) in [6.45, 7) is 3.32. The Morgan fingerprint density at radius 3 is 2.14 bits per heavy atom. The number of aliphatic hydroxyl groups excluding tert-OH is 2. The summed E-state index contributed by atoms with van der Waals surface area (Å²) in [5.74, 6) is 0. The summed E-state index contributed by atoms with van der Waals surface area (Å²) >= 11 is 0. The second-order valence-electron chi connectivity index (χ2n) is 4.82. The van der Waals surface area contributed by atoms with Gasteiger partial charge in [0, 0.05) is 32.0 Å². The maximum atomic E-state index is 8.56. The number of aromatic nitrogens is 1. The number of nitrogens with zero attached hydrogens (tertiary/aromatic N) is 1. The van der Waals surface area contributed by atoms with Crippen LogP contribution in [0.25, 0.3) is 0 Å². The van der Waals surface area contributed by atoms with Gasteiger partial charge >= 0.3 is 0 Å². The standard InChI is InChI=1S/C12H10N.C5H12O2.Ir/c1-2-6-11(7-3-1)10-12-8-4-5-9-13-12;1-4(6)3-5(2)7;/h1-6,8-9H,10H2;4-7H,3H2,1-2H3;/q-1;;. The molecule has 1 aromatic carbocycles. The van der Waals surface area contributed by atoms with Gasteiger partial charge in [0.15, 0.2) is 0 Å². The molecule has 2 unspecified atom stereocenters. The molecule has 2 atom stereocenters. The molecule has 1 heterocycles. The van der Waals surface area contributed by atoms with Crippen molar-refractivity contribution in [2.24, 2.45) is 0 Å². The zero-order valence-electron chi connectivity index (χ0n) is 12.4. The molecule has 0 saturated heterocycles. The SMILES string of the molecule is CC(O)CC(C)O.[Ir].[c-]1ccccc1Cc1ccccn1. The van der Waals surface area contributed by atoms with Gasteiger partial charge in [0.05, 0.1) is 12.2 Å². The van der Waals surface area contributed by atoms with E-state index in [1.165, 1.54) is 5.56 Å². The van der Waals surface area contributed by atoms with Gasteiger partial charge in [0.25, 0.3) is 0 Å². The molecule has 0 amide bonds. The number of hydrogen-bond donors (Lipinski definition) is 2. The third-order valence-corrected chi connectivity index (χ3v) is 2.55. The molecule has 0 spiro atoms. The van der Waals surface area contributed by atoms with Crippen molar-refractivity contribution < 1.29 is 30.3 Å². The van der Waals surface area contributed by atoms with E-state index in [0.29, 0.717) is 6.42 Å². The second-order valence-corrected chi connectivity index (χ2v) is 4.82. The second kappa shape index (κ2) is 11.6. The number of rotatable bonds is 4. The van der Waals surface area contributed by atoms with Crippen molar-refractivity contribution in [3.05, 3.63) is 66.0 Å². The molecule has 21 heavy (non-hydrogen) atoms. The number of aliphatic hydroxyl groups is 2. The van der Waals surface area contributed by atoms with Crippen LogP contribution in [-0.4, -0.2) is 27.4 Å². The van der Waals surface area contributed by atoms with Crippen LogP contribution in [0.4, 0.5) is 0 Å². The van der Waals surface area contributed by atoms with Crippen LogP contribution in [0.5, 0.6) is 0 Å². The Hall–Kier alpha value is -1.06. The van der Waals surface area contributed by atoms with Crippen LogP contribution in [-0.2, 0) is 26.5 Å². The predicted molar refractivity (Wildman–Crippen MR) is 80.3 cm³/mol. The summed E-state index contributed by atoms with van der Waals surface area (Å²) < 4.78 is 0. The Labute approximate surface area is 140 Å². The molecule has 0 bridgehead atoms. The average molecular weight is 465 g/mol. The molecule has 0 saturated carbocycles. The monoisotopic (exact) mass is 465 g/mol. The summed E-state index contributed by atoms with van der Waals surface area (Å²) in [4.78, 5) is 4.25. The maximum Gasteiger partial charge on any atom is 0.0536 e. The van der Waals surface area contributed by atoms with E-state index < -0.39 is 0 Å². The van der Waals surface area contributed by atoms with Crippen LogP contribution < -0.4 is 0 Å². The van der Waals surface area contributed by atoms with E-state index in [1.807, 2.05) is 42.6 Å². The van der Waals surface area contributed by atoms with Crippen molar-refractivity contribution in [2.75, 3.05) is 0 Å². The first kappa shape index (κ1) is 19.9. The van der Waals surface area contributed by atoms with Gasteiger partial charge in [-0.25, -0.2) is 0 Å². The Morgan fingerprint density at radius 1 is 1.05 bits per heavy atom. The molecule has 0 aliphatic heterocycles. The van der Waals surface area contributed by atoms with Crippen molar-refractivity contribution in [3.63, 3.8) is 0 Å². The molecule has 2 rings (SSSR count). The van der Waals surface area contributed by atoms with Crippen molar-refractivity contribution in [1.82, 2.24) is 4.98 Å². The molecule has 0 aliphatic rings. The smallest absolute Gasteiger partial charge is 0.0536 e. The summed E-state index contributed by atoms with van der Waals surface area (Å²) in [5, 5.41) is 17.1. The van der Waals surface area contributed by atoms with E-state index in [0.717, 1.165) is 12.1 Å². The predicted octanol–water partition coefficient (Wildman–Crippen LogP) is 2.61. The van der Waals surface area contributed by atoms with Gasteiger partial charge in [0.1, 0.15) is 0 Å². The minimum absolute atomic E-state index is 0. The zero-order chi connectivity index (χ0) is 14.8. The molecule has 0 fully saturated rings. The van der Waals surface area contributed by atoms with Gasteiger partial charge in [-0.1, -0.05) is 6.07 Å². The minimum atomic E-state index is -0.375. The van der Waals surface area contributed by atoms with Gasteiger partial charge in [-0.3, -0.25) is 4.98 Å². The van der Waals surface area contributed by atoms with E-state index >= 15 is 0 Å². The van der Waals surface area contributed by atoms with Crippen LogP contribution in [0, 0.1) is 6.07 Å². The van der Waals surface area contributed by atoms with Crippen molar-refractivity contribution >= 4 is 0 Å². The summed E-state index contributed by atoms with van der Waals surface area (Å²) in [7, 11) is 0. The van der Waals surface area contributed by atoms with Crippen LogP contribution in [0.3, 0.4) is 0 Å². The fourth-order valence-corrected chi connectivity index (χ4v) is 1.73. The van der Waals surface area contributed by atoms with Gasteiger partial charge in [-0.15, -0.1) is 0 Å². The third kappa shape index (κ3) is 10.3. The summed E-state index contributed by atoms with van der Waals surface area (Å²) in [5.41, 5.74) is 2.27. The van der Waals surface area contributed by atoms with Gasteiger partial charge < -0.3 is 10.2 Å². The van der Waals surface area contributed by atoms with Crippen LogP contribution in [0.15, 0.2) is 48.7 Å². The molecule has 1 radical (unpaired) electrons. The largest absolute Gasteiger partial charge is 0.393 e. The first-order valence-electron chi connectivity index (χ1n) is 6.79. The molecule has 3 nitrogen and oxygen atoms in total. The van der Waals surface area contributed by atoms with Crippen LogP contribution in [0.1, 0.15) is 31.5 Å². The number of hydrogen-bond acceptors (Lipinski definition) is 3. The molecule has 0 aliphatic carbocycles. The van der Waals surface area contributed by atoms with Gasteiger partial charge in [-0.05, 0) is 38.8 Å². The Balaban J connectivity index is 0.000000436. The molecule has 117 valence electrons. The van der Waals surface area contributed by atoms with E-state index in [9.17, 15) is 0 Å². The van der Waals surface area contributed by atoms with E-state index in [4.69, 9.17) is 10.2 Å². The average Bonchev–Trinajstić information content (AvgIpc) is 2.40. The fraction of sp³-hybridized carbons (Fsp3) is 0.353. The van der Waals surface area contributed by atoms with Crippen molar-refractivity contribution in [1.29, 1.82) is 0 Å². The zero-order valence-corrected chi connectivity index (χ0v) is 14.8. The fourth-order valence-electron chi connectivity index (χ4n) is 1.73. The quantitative estimate of drug-likeness (QED) is 0.684. The summed E-state index contributed by atoms with van der Waals surface area (Å²) in [6, 6.07) is 17.1. The molecular formula is C17H22IrNO2-. The van der Waals surface area contributed by atoms with Crippen molar-refractivity contribution in [3.8, 4) is 0 Å². The first-order valence-corrected chi connectivity index (χ1v) is 6.79. The summed E-state index contributed by atoms with van der Waals surface area (Å²) in [6.07, 6.45) is 2.40. The van der Waals surface area contributed by atoms with Crippen molar-refractivity contribution in [2.45, 2.75) is 38.9 Å². The topological polar surface area (TPSA) is 53.4 Å². The molecule has 2 aromatic rings. The van der Waals surface area contributed by atoms with Crippen LogP contribution in [0.2, 0.25) is 0 Å². The van der Waals surface area contributed by atoms with E-state index in [1.54, 1.807) is 13.8 Å². The van der Waals surface area contributed by atoms with Crippen LogP contribution >= 0.6 is 0 Å². The Morgan fingerprint density at radius 2 is 1.71 bits per heavy atom. The molecule has 2 N–H and O–H groups in total. The molecule has 1 aromatic heterocycles. The first-order chi connectivity index (χ1) is 9.58.